The lowest BCUT2D eigenvalue weighted by Gasteiger charge is -2.39. The molecule has 0 N–H and O–H groups in total. The van der Waals surface area contributed by atoms with Crippen molar-refractivity contribution >= 4 is 21.6 Å². The first-order valence-electron chi connectivity index (χ1n) is 10.4. The summed E-state index contributed by atoms with van der Waals surface area (Å²) >= 11 is 0. The third-order valence-corrected chi connectivity index (χ3v) is 6.68. The average molecular weight is 430 g/mol. The second kappa shape index (κ2) is 9.62. The van der Waals surface area contributed by atoms with Crippen molar-refractivity contribution in [3.63, 3.8) is 0 Å². The zero-order valence-corrected chi connectivity index (χ0v) is 18.8. The van der Waals surface area contributed by atoms with Crippen molar-refractivity contribution in [3.8, 4) is 0 Å². The molecule has 0 aliphatic carbocycles. The summed E-state index contributed by atoms with van der Waals surface area (Å²) in [5.74, 6) is -0.121. The first kappa shape index (κ1) is 22.3. The van der Waals surface area contributed by atoms with Gasteiger partial charge in [0.1, 0.15) is 6.04 Å². The van der Waals surface area contributed by atoms with Crippen LogP contribution in [-0.4, -0.2) is 62.6 Å². The smallest absolute Gasteiger partial charge is 0.246 e. The van der Waals surface area contributed by atoms with Crippen molar-refractivity contribution < 1.29 is 13.2 Å². The molecule has 0 bridgehead atoms. The number of carbonyl (C=O) groups excluding carboxylic acids is 1. The van der Waals surface area contributed by atoms with Gasteiger partial charge in [0.05, 0.1) is 11.9 Å². The lowest BCUT2D eigenvalue weighted by atomic mass is 10.1. The van der Waals surface area contributed by atoms with Crippen LogP contribution in [0.5, 0.6) is 0 Å². The molecule has 0 radical (unpaired) electrons. The van der Waals surface area contributed by atoms with Gasteiger partial charge in [0.2, 0.25) is 15.9 Å². The Hall–Kier alpha value is -2.38. The molecular formula is C23H31N3O3S. The number of carbonyl (C=O) groups is 1. The third-order valence-electron chi connectivity index (χ3n) is 5.50. The molecule has 1 saturated heterocycles. The molecule has 0 unspecified atom stereocenters. The summed E-state index contributed by atoms with van der Waals surface area (Å²) in [5, 5.41) is 0. The van der Waals surface area contributed by atoms with E-state index >= 15 is 0 Å². The van der Waals surface area contributed by atoms with Crippen LogP contribution in [0, 0.1) is 6.92 Å². The van der Waals surface area contributed by atoms with Crippen LogP contribution in [0.3, 0.4) is 0 Å². The lowest BCUT2D eigenvalue weighted by Crippen LogP contribution is -2.55. The number of nitrogens with zero attached hydrogens (tertiary/aromatic N) is 3. The van der Waals surface area contributed by atoms with Crippen molar-refractivity contribution in [2.45, 2.75) is 32.9 Å². The van der Waals surface area contributed by atoms with Crippen LogP contribution >= 0.6 is 0 Å². The van der Waals surface area contributed by atoms with E-state index in [4.69, 9.17) is 0 Å². The van der Waals surface area contributed by atoms with Gasteiger partial charge in [0, 0.05) is 32.7 Å². The van der Waals surface area contributed by atoms with Gasteiger partial charge in [-0.3, -0.25) is 14.0 Å². The molecule has 0 spiro atoms. The molecule has 1 fully saturated rings. The summed E-state index contributed by atoms with van der Waals surface area (Å²) in [7, 11) is -3.61. The third kappa shape index (κ3) is 5.40. The summed E-state index contributed by atoms with van der Waals surface area (Å²) in [4.78, 5) is 17.5. The van der Waals surface area contributed by atoms with Crippen molar-refractivity contribution in [2.24, 2.45) is 0 Å². The number of anilines is 1. The standard InChI is InChI=1S/C23H31N3O3S/c1-4-22(26(30(3,28)29)21-12-8-9-19(2)17-21)23(27)25-15-13-24(14-16-25)18-20-10-6-5-7-11-20/h5-12,17,22H,4,13-16,18H2,1-3H3/t22-/m1/s1. The Bertz CT molecular complexity index is 955. The normalized spacial score (nSPS) is 16.3. The summed E-state index contributed by atoms with van der Waals surface area (Å²) in [6.07, 6.45) is 1.59. The highest BCUT2D eigenvalue weighted by Crippen LogP contribution is 2.25. The minimum Gasteiger partial charge on any atom is -0.338 e. The van der Waals surface area contributed by atoms with Gasteiger partial charge < -0.3 is 4.90 Å². The fourth-order valence-electron chi connectivity index (χ4n) is 3.99. The van der Waals surface area contributed by atoms with Crippen LogP contribution in [0.2, 0.25) is 0 Å². The molecule has 1 heterocycles. The minimum absolute atomic E-state index is 0.121. The first-order chi connectivity index (χ1) is 14.3. The summed E-state index contributed by atoms with van der Waals surface area (Å²) < 4.78 is 26.6. The van der Waals surface area contributed by atoms with E-state index in [-0.39, 0.29) is 5.91 Å². The number of aryl methyl sites for hydroxylation is 1. The average Bonchev–Trinajstić information content (AvgIpc) is 2.72. The van der Waals surface area contributed by atoms with Crippen LogP contribution in [0.25, 0.3) is 0 Å². The molecular weight excluding hydrogens is 398 g/mol. The molecule has 1 amide bonds. The molecule has 0 aromatic heterocycles. The van der Waals surface area contributed by atoms with Gasteiger partial charge in [0.25, 0.3) is 0 Å². The largest absolute Gasteiger partial charge is 0.338 e. The van der Waals surface area contributed by atoms with Crippen LogP contribution in [0.4, 0.5) is 5.69 Å². The highest BCUT2D eigenvalue weighted by atomic mass is 32.2. The van der Waals surface area contributed by atoms with Crippen molar-refractivity contribution in [3.05, 3.63) is 65.7 Å². The van der Waals surface area contributed by atoms with Gasteiger partial charge in [0.15, 0.2) is 0 Å². The van der Waals surface area contributed by atoms with Gasteiger partial charge in [-0.2, -0.15) is 0 Å². The van der Waals surface area contributed by atoms with E-state index < -0.39 is 16.1 Å². The van der Waals surface area contributed by atoms with Gasteiger partial charge in [-0.15, -0.1) is 0 Å². The van der Waals surface area contributed by atoms with Crippen molar-refractivity contribution in [2.75, 3.05) is 36.7 Å². The highest BCUT2D eigenvalue weighted by molar-refractivity contribution is 7.92. The number of hydrogen-bond donors (Lipinski definition) is 0. The summed E-state index contributed by atoms with van der Waals surface area (Å²) in [5.41, 5.74) is 2.75. The second-order valence-electron chi connectivity index (χ2n) is 7.91. The lowest BCUT2D eigenvalue weighted by molar-refractivity contribution is -0.134. The van der Waals surface area contributed by atoms with Crippen LogP contribution < -0.4 is 4.31 Å². The topological polar surface area (TPSA) is 60.9 Å². The molecule has 7 heteroatoms. The van der Waals surface area contributed by atoms with E-state index in [1.54, 1.807) is 6.07 Å². The number of sulfonamides is 1. The number of benzene rings is 2. The van der Waals surface area contributed by atoms with Gasteiger partial charge in [-0.1, -0.05) is 49.4 Å². The summed E-state index contributed by atoms with van der Waals surface area (Å²) in [6, 6.07) is 16.9. The van der Waals surface area contributed by atoms with Gasteiger partial charge in [-0.05, 0) is 36.6 Å². The fraction of sp³-hybridized carbons (Fsp3) is 0.435. The molecule has 1 atom stereocenters. The maximum absolute atomic E-state index is 13.3. The number of piperazine rings is 1. The molecule has 2 aromatic carbocycles. The minimum atomic E-state index is -3.61. The molecule has 1 aliphatic heterocycles. The Balaban J connectivity index is 1.72. The molecule has 30 heavy (non-hydrogen) atoms. The Morgan fingerprint density at radius 1 is 1.03 bits per heavy atom. The molecule has 2 aromatic rings. The van der Waals surface area contributed by atoms with E-state index in [0.29, 0.717) is 25.2 Å². The van der Waals surface area contributed by atoms with E-state index in [9.17, 15) is 13.2 Å². The van der Waals surface area contributed by atoms with E-state index in [2.05, 4.69) is 17.0 Å². The predicted octanol–water partition coefficient (Wildman–Crippen LogP) is 2.88. The Morgan fingerprint density at radius 3 is 2.27 bits per heavy atom. The SMILES string of the molecule is CC[C@H](C(=O)N1CCN(Cc2ccccc2)CC1)N(c1cccc(C)c1)S(C)(=O)=O. The van der Waals surface area contributed by atoms with Gasteiger partial charge in [-0.25, -0.2) is 8.42 Å². The maximum Gasteiger partial charge on any atom is 0.246 e. The van der Waals surface area contributed by atoms with Crippen LogP contribution in [-0.2, 0) is 21.4 Å². The van der Waals surface area contributed by atoms with Gasteiger partial charge >= 0.3 is 0 Å². The molecule has 162 valence electrons. The van der Waals surface area contributed by atoms with Crippen LogP contribution in [0.1, 0.15) is 24.5 Å². The number of hydrogen-bond acceptors (Lipinski definition) is 4. The molecule has 3 rings (SSSR count). The quantitative estimate of drug-likeness (QED) is 0.679. The molecule has 6 nitrogen and oxygen atoms in total. The van der Waals surface area contributed by atoms with E-state index in [0.717, 1.165) is 25.2 Å². The highest BCUT2D eigenvalue weighted by Gasteiger charge is 2.35. The van der Waals surface area contributed by atoms with Crippen molar-refractivity contribution in [1.29, 1.82) is 0 Å². The zero-order valence-electron chi connectivity index (χ0n) is 18.0. The monoisotopic (exact) mass is 429 g/mol. The second-order valence-corrected chi connectivity index (χ2v) is 9.77. The molecule has 1 aliphatic rings. The maximum atomic E-state index is 13.3. The Labute approximate surface area is 180 Å². The Morgan fingerprint density at radius 2 is 1.70 bits per heavy atom. The fourth-order valence-corrected chi connectivity index (χ4v) is 5.19. The zero-order chi connectivity index (χ0) is 21.7. The number of rotatable bonds is 7. The van der Waals surface area contributed by atoms with Crippen LogP contribution in [0.15, 0.2) is 54.6 Å². The predicted molar refractivity (Wildman–Crippen MR) is 121 cm³/mol. The van der Waals surface area contributed by atoms with Crippen molar-refractivity contribution in [1.82, 2.24) is 9.80 Å². The van der Waals surface area contributed by atoms with E-state index in [1.807, 2.05) is 55.1 Å². The van der Waals surface area contributed by atoms with E-state index in [1.165, 1.54) is 16.1 Å². The summed E-state index contributed by atoms with van der Waals surface area (Å²) in [6.45, 7) is 7.40. The first-order valence-corrected chi connectivity index (χ1v) is 12.3. The Kier molecular flexibility index (Phi) is 7.15. The molecule has 0 saturated carbocycles. The number of amides is 1.